The summed E-state index contributed by atoms with van der Waals surface area (Å²) in [5.41, 5.74) is 1.68. The van der Waals surface area contributed by atoms with E-state index < -0.39 is 0 Å². The highest BCUT2D eigenvalue weighted by atomic mass is 16.5. The number of rotatable bonds is 2. The number of methoxy groups -OCH3 is 1. The van der Waals surface area contributed by atoms with Gasteiger partial charge in [0, 0.05) is 31.2 Å². The minimum absolute atomic E-state index is 0.0325. The van der Waals surface area contributed by atoms with Crippen LogP contribution >= 0.6 is 0 Å². The van der Waals surface area contributed by atoms with Gasteiger partial charge in [0.05, 0.1) is 13.2 Å². The number of aromatic nitrogens is 2. The highest BCUT2D eigenvalue weighted by Gasteiger charge is 2.29. The van der Waals surface area contributed by atoms with Crippen LogP contribution in [-0.2, 0) is 6.54 Å². The number of fused-ring (bicyclic) bond motifs is 1. The van der Waals surface area contributed by atoms with E-state index in [1.807, 2.05) is 17.9 Å². The van der Waals surface area contributed by atoms with E-state index in [9.17, 15) is 4.79 Å². The van der Waals surface area contributed by atoms with Crippen LogP contribution in [0.5, 0.6) is 5.88 Å². The van der Waals surface area contributed by atoms with E-state index in [2.05, 4.69) is 21.8 Å². The van der Waals surface area contributed by atoms with Crippen LogP contribution in [0.1, 0.15) is 29.0 Å². The molecule has 0 unspecified atom stereocenters. The molecule has 1 aliphatic heterocycles. The van der Waals surface area contributed by atoms with Crippen molar-refractivity contribution in [2.75, 3.05) is 13.7 Å². The van der Waals surface area contributed by atoms with Crippen LogP contribution in [0, 0.1) is 0 Å². The van der Waals surface area contributed by atoms with Crippen molar-refractivity contribution in [2.45, 2.75) is 19.5 Å². The molecule has 0 spiro atoms. The minimum atomic E-state index is -0.0325. The molecule has 3 rings (SSSR count). The van der Waals surface area contributed by atoms with Crippen LogP contribution in [0.3, 0.4) is 0 Å². The number of carbonyl (C=O) groups is 1. The lowest BCUT2D eigenvalue weighted by atomic mass is 10.1. The summed E-state index contributed by atoms with van der Waals surface area (Å²) in [5.74, 6) is 0.348. The van der Waals surface area contributed by atoms with Gasteiger partial charge >= 0.3 is 0 Å². The van der Waals surface area contributed by atoms with E-state index >= 15 is 0 Å². The summed E-state index contributed by atoms with van der Waals surface area (Å²) in [5, 5.41) is 0. The maximum atomic E-state index is 12.7. The van der Waals surface area contributed by atoms with Gasteiger partial charge in [-0.1, -0.05) is 0 Å². The lowest BCUT2D eigenvalue weighted by molar-refractivity contribution is 0.0640. The van der Waals surface area contributed by atoms with E-state index in [0.29, 0.717) is 18.0 Å². The van der Waals surface area contributed by atoms with Crippen molar-refractivity contribution in [1.82, 2.24) is 14.5 Å². The Kier molecular flexibility index (Phi) is 3.18. The first kappa shape index (κ1) is 12.7. The molecule has 20 heavy (non-hydrogen) atoms. The second-order valence-electron chi connectivity index (χ2n) is 4.86. The molecule has 0 radical (unpaired) electrons. The zero-order valence-corrected chi connectivity index (χ0v) is 11.6. The van der Waals surface area contributed by atoms with Crippen molar-refractivity contribution in [3.05, 3.63) is 47.9 Å². The summed E-state index contributed by atoms with van der Waals surface area (Å²) in [4.78, 5) is 18.7. The number of ether oxygens (including phenoxy) is 1. The molecule has 1 atom stereocenters. The lowest BCUT2D eigenvalue weighted by Gasteiger charge is -2.35. The van der Waals surface area contributed by atoms with Crippen LogP contribution in [0.15, 0.2) is 36.7 Å². The molecule has 0 aromatic carbocycles. The van der Waals surface area contributed by atoms with Gasteiger partial charge < -0.3 is 14.2 Å². The van der Waals surface area contributed by atoms with Gasteiger partial charge in [0.15, 0.2) is 0 Å². The molecular formula is C15H17N3O2. The molecule has 1 aliphatic rings. The first-order valence-corrected chi connectivity index (χ1v) is 6.67. The fourth-order valence-corrected chi connectivity index (χ4v) is 2.73. The Bertz CT molecular complexity index is 636. The van der Waals surface area contributed by atoms with Gasteiger partial charge in [-0.25, -0.2) is 4.98 Å². The Balaban J connectivity index is 1.92. The monoisotopic (exact) mass is 271 g/mol. The average Bonchev–Trinajstić information content (AvgIpc) is 2.96. The molecule has 0 aliphatic carbocycles. The normalized spacial score (nSPS) is 17.7. The van der Waals surface area contributed by atoms with Crippen molar-refractivity contribution in [1.29, 1.82) is 0 Å². The maximum absolute atomic E-state index is 12.7. The molecule has 104 valence electrons. The Morgan fingerprint density at radius 3 is 3.00 bits per heavy atom. The standard InChI is InChI=1S/C15H17N3O2/c1-11-13-6-4-8-17(13)9-10-18(11)15(19)12-5-3-7-16-14(12)20-2/h3-8,11H,9-10H2,1-2H3/t11-/m1/s1. The van der Waals surface area contributed by atoms with E-state index in [0.717, 1.165) is 12.2 Å². The van der Waals surface area contributed by atoms with Gasteiger partial charge in [-0.2, -0.15) is 0 Å². The predicted octanol–water partition coefficient (Wildman–Crippen LogP) is 2.11. The average molecular weight is 271 g/mol. The molecular weight excluding hydrogens is 254 g/mol. The van der Waals surface area contributed by atoms with Gasteiger partial charge in [-0.15, -0.1) is 0 Å². The molecule has 5 heteroatoms. The second kappa shape index (κ2) is 5.00. The summed E-state index contributed by atoms with van der Waals surface area (Å²) in [6.45, 7) is 3.56. The first-order valence-electron chi connectivity index (χ1n) is 6.67. The van der Waals surface area contributed by atoms with Gasteiger partial charge in [0.25, 0.3) is 5.91 Å². The molecule has 2 aromatic rings. The largest absolute Gasteiger partial charge is 0.480 e. The smallest absolute Gasteiger partial charge is 0.259 e. The van der Waals surface area contributed by atoms with E-state index in [1.165, 1.54) is 7.11 Å². The quantitative estimate of drug-likeness (QED) is 0.840. The molecule has 0 N–H and O–H groups in total. The molecule has 5 nitrogen and oxygen atoms in total. The topological polar surface area (TPSA) is 47.4 Å². The number of hydrogen-bond donors (Lipinski definition) is 0. The molecule has 0 saturated carbocycles. The van der Waals surface area contributed by atoms with Crippen molar-refractivity contribution in [3.63, 3.8) is 0 Å². The van der Waals surface area contributed by atoms with Gasteiger partial charge in [-0.3, -0.25) is 4.79 Å². The van der Waals surface area contributed by atoms with E-state index in [-0.39, 0.29) is 11.9 Å². The number of carbonyl (C=O) groups excluding carboxylic acids is 1. The molecule has 2 aromatic heterocycles. The summed E-state index contributed by atoms with van der Waals surface area (Å²) in [7, 11) is 1.53. The molecule has 0 saturated heterocycles. The van der Waals surface area contributed by atoms with E-state index in [1.54, 1.807) is 18.3 Å². The fourth-order valence-electron chi connectivity index (χ4n) is 2.73. The predicted molar refractivity (Wildman–Crippen MR) is 74.7 cm³/mol. The van der Waals surface area contributed by atoms with Crippen LogP contribution in [0.2, 0.25) is 0 Å². The molecule has 0 fully saturated rings. The van der Waals surface area contributed by atoms with Crippen LogP contribution in [0.4, 0.5) is 0 Å². The highest BCUT2D eigenvalue weighted by molar-refractivity contribution is 5.96. The molecule has 0 bridgehead atoms. The van der Waals surface area contributed by atoms with Crippen molar-refractivity contribution in [2.24, 2.45) is 0 Å². The van der Waals surface area contributed by atoms with Gasteiger partial charge in [-0.05, 0) is 31.2 Å². The minimum Gasteiger partial charge on any atom is -0.480 e. The Hall–Kier alpha value is -2.30. The van der Waals surface area contributed by atoms with Gasteiger partial charge in [0.2, 0.25) is 5.88 Å². The summed E-state index contributed by atoms with van der Waals surface area (Å²) in [6, 6.07) is 7.65. The van der Waals surface area contributed by atoms with Crippen LogP contribution in [0.25, 0.3) is 0 Å². The summed E-state index contributed by atoms with van der Waals surface area (Å²) < 4.78 is 7.37. The zero-order chi connectivity index (χ0) is 14.1. The lowest BCUT2D eigenvalue weighted by Crippen LogP contribution is -2.40. The van der Waals surface area contributed by atoms with Crippen molar-refractivity contribution in [3.8, 4) is 5.88 Å². The molecule has 1 amide bonds. The van der Waals surface area contributed by atoms with Gasteiger partial charge in [0.1, 0.15) is 5.56 Å². The van der Waals surface area contributed by atoms with Crippen molar-refractivity contribution >= 4 is 5.91 Å². The molecule has 3 heterocycles. The van der Waals surface area contributed by atoms with E-state index in [4.69, 9.17) is 4.74 Å². The van der Waals surface area contributed by atoms with Crippen LogP contribution < -0.4 is 4.74 Å². The SMILES string of the molecule is COc1ncccc1C(=O)N1CCn2cccc2[C@H]1C. The Labute approximate surface area is 117 Å². The maximum Gasteiger partial charge on any atom is 0.259 e. The van der Waals surface area contributed by atoms with Crippen LogP contribution in [-0.4, -0.2) is 34.0 Å². The highest BCUT2D eigenvalue weighted by Crippen LogP contribution is 2.28. The Morgan fingerprint density at radius 1 is 1.35 bits per heavy atom. The zero-order valence-electron chi connectivity index (χ0n) is 11.6. The number of pyridine rings is 1. The van der Waals surface area contributed by atoms with Crippen molar-refractivity contribution < 1.29 is 9.53 Å². The fraction of sp³-hybridized carbons (Fsp3) is 0.333. The third-order valence-electron chi connectivity index (χ3n) is 3.80. The first-order chi connectivity index (χ1) is 9.72. The number of hydrogen-bond acceptors (Lipinski definition) is 3. The summed E-state index contributed by atoms with van der Waals surface area (Å²) >= 11 is 0. The third kappa shape index (κ3) is 1.95. The second-order valence-corrected chi connectivity index (χ2v) is 4.86. The number of nitrogens with zero attached hydrogens (tertiary/aromatic N) is 3. The third-order valence-corrected chi connectivity index (χ3v) is 3.80. The number of amides is 1. The summed E-state index contributed by atoms with van der Waals surface area (Å²) in [6.07, 6.45) is 3.68. The Morgan fingerprint density at radius 2 is 2.20 bits per heavy atom.